The number of carbonyl (C=O) groups is 2. The lowest BCUT2D eigenvalue weighted by molar-refractivity contribution is -0.143. The third-order valence-electron chi connectivity index (χ3n) is 3.88. The molecule has 1 saturated carbocycles. The van der Waals surface area contributed by atoms with Crippen LogP contribution in [-0.4, -0.2) is 35.7 Å². The van der Waals surface area contributed by atoms with E-state index in [1.54, 1.807) is 0 Å². The van der Waals surface area contributed by atoms with Gasteiger partial charge in [-0.05, 0) is 25.7 Å². The fourth-order valence-electron chi connectivity index (χ4n) is 2.84. The van der Waals surface area contributed by atoms with Gasteiger partial charge in [-0.15, -0.1) is 0 Å². The first-order valence-electron chi connectivity index (χ1n) is 6.83. The van der Waals surface area contributed by atoms with Crippen molar-refractivity contribution in [2.45, 2.75) is 57.1 Å². The van der Waals surface area contributed by atoms with Gasteiger partial charge in [-0.25, -0.2) is 0 Å². The fraction of sp³-hybridized carbons (Fsp3) is 0.846. The zero-order valence-electron chi connectivity index (χ0n) is 10.6. The number of carbonyl (C=O) groups excluding carboxylic acids is 1. The minimum Gasteiger partial charge on any atom is -0.481 e. The van der Waals surface area contributed by atoms with Crippen LogP contribution in [0.3, 0.4) is 0 Å². The first kappa shape index (κ1) is 13.3. The van der Waals surface area contributed by atoms with Crippen LogP contribution in [0.1, 0.15) is 44.9 Å². The monoisotopic (exact) mass is 255 g/mol. The lowest BCUT2D eigenvalue weighted by Gasteiger charge is -2.24. The molecule has 0 aromatic heterocycles. The summed E-state index contributed by atoms with van der Waals surface area (Å²) in [5.74, 6) is -1.38. The van der Waals surface area contributed by atoms with E-state index in [2.05, 4.69) is 5.32 Å². The summed E-state index contributed by atoms with van der Waals surface area (Å²) in [5.41, 5.74) is 0. The van der Waals surface area contributed by atoms with Crippen molar-refractivity contribution in [1.29, 1.82) is 0 Å². The third-order valence-corrected chi connectivity index (χ3v) is 3.88. The summed E-state index contributed by atoms with van der Waals surface area (Å²) in [6.07, 6.45) is 5.67. The summed E-state index contributed by atoms with van der Waals surface area (Å²) in [5, 5.41) is 12.1. The number of nitrogens with one attached hydrogen (secondary N) is 1. The molecule has 2 aliphatic rings. The standard InChI is InChI=1S/C13H21NO4/c15-12(11-7-4-8-18-11)14-10-6-3-1-2-5-9(10)13(16)17/h9-11H,1-8H2,(H,14,15)(H,16,17)/t9-,10-,11-/m1/s1. The second kappa shape index (κ2) is 6.18. The van der Waals surface area contributed by atoms with E-state index in [0.29, 0.717) is 13.0 Å². The van der Waals surface area contributed by atoms with E-state index in [1.165, 1.54) is 0 Å². The molecule has 0 radical (unpaired) electrons. The Kier molecular flexibility index (Phi) is 4.58. The molecule has 5 nitrogen and oxygen atoms in total. The van der Waals surface area contributed by atoms with E-state index in [9.17, 15) is 14.7 Å². The molecule has 0 unspecified atom stereocenters. The summed E-state index contributed by atoms with van der Waals surface area (Å²) >= 11 is 0. The zero-order chi connectivity index (χ0) is 13.0. The van der Waals surface area contributed by atoms with Gasteiger partial charge < -0.3 is 15.2 Å². The van der Waals surface area contributed by atoms with Crippen LogP contribution in [0.4, 0.5) is 0 Å². The van der Waals surface area contributed by atoms with Gasteiger partial charge in [0.2, 0.25) is 5.91 Å². The van der Waals surface area contributed by atoms with Crippen molar-refractivity contribution in [1.82, 2.24) is 5.32 Å². The largest absolute Gasteiger partial charge is 0.481 e. The van der Waals surface area contributed by atoms with Crippen LogP contribution in [0.2, 0.25) is 0 Å². The first-order valence-corrected chi connectivity index (χ1v) is 6.83. The summed E-state index contributed by atoms with van der Waals surface area (Å²) in [6.45, 7) is 0.630. The topological polar surface area (TPSA) is 75.6 Å². The summed E-state index contributed by atoms with van der Waals surface area (Å²) < 4.78 is 5.32. The average molecular weight is 255 g/mol. The number of carboxylic acid groups (broad SMARTS) is 1. The van der Waals surface area contributed by atoms with Crippen molar-refractivity contribution in [2.75, 3.05) is 6.61 Å². The number of carboxylic acids is 1. The smallest absolute Gasteiger partial charge is 0.308 e. The van der Waals surface area contributed by atoms with Crippen LogP contribution in [0, 0.1) is 5.92 Å². The predicted octanol–water partition coefficient (Wildman–Crippen LogP) is 1.32. The highest BCUT2D eigenvalue weighted by molar-refractivity contribution is 5.82. The van der Waals surface area contributed by atoms with Crippen molar-refractivity contribution in [3.8, 4) is 0 Å². The van der Waals surface area contributed by atoms with Crippen molar-refractivity contribution in [3.05, 3.63) is 0 Å². The molecular weight excluding hydrogens is 234 g/mol. The Balaban J connectivity index is 1.95. The zero-order valence-corrected chi connectivity index (χ0v) is 10.6. The summed E-state index contributed by atoms with van der Waals surface area (Å²) in [6, 6.07) is -0.235. The molecule has 3 atom stereocenters. The Labute approximate surface area is 107 Å². The Morgan fingerprint density at radius 3 is 2.50 bits per heavy atom. The highest BCUT2D eigenvalue weighted by Gasteiger charge is 2.33. The highest BCUT2D eigenvalue weighted by Crippen LogP contribution is 2.24. The minimum atomic E-state index is -0.797. The number of ether oxygens (including phenoxy) is 1. The second-order valence-electron chi connectivity index (χ2n) is 5.20. The minimum absolute atomic E-state index is 0.134. The van der Waals surface area contributed by atoms with Crippen LogP contribution in [0.5, 0.6) is 0 Å². The van der Waals surface area contributed by atoms with Crippen LogP contribution in [0.15, 0.2) is 0 Å². The van der Waals surface area contributed by atoms with E-state index >= 15 is 0 Å². The predicted molar refractivity (Wildman–Crippen MR) is 65.1 cm³/mol. The van der Waals surface area contributed by atoms with Crippen molar-refractivity contribution in [2.24, 2.45) is 5.92 Å². The summed E-state index contributed by atoms with van der Waals surface area (Å²) in [4.78, 5) is 23.2. The number of amides is 1. The van der Waals surface area contributed by atoms with Gasteiger partial charge in [0.25, 0.3) is 0 Å². The van der Waals surface area contributed by atoms with Gasteiger partial charge in [0.05, 0.1) is 5.92 Å². The maximum atomic E-state index is 12.0. The van der Waals surface area contributed by atoms with Crippen LogP contribution in [0.25, 0.3) is 0 Å². The fourth-order valence-corrected chi connectivity index (χ4v) is 2.84. The molecule has 0 aromatic carbocycles. The van der Waals surface area contributed by atoms with Crippen molar-refractivity contribution in [3.63, 3.8) is 0 Å². The van der Waals surface area contributed by atoms with Gasteiger partial charge in [0, 0.05) is 12.6 Å². The highest BCUT2D eigenvalue weighted by atomic mass is 16.5. The number of hydrogen-bond donors (Lipinski definition) is 2. The Bertz CT molecular complexity index is 312. The normalized spacial score (nSPS) is 32.8. The molecule has 0 aromatic rings. The van der Waals surface area contributed by atoms with Gasteiger partial charge in [-0.3, -0.25) is 9.59 Å². The van der Waals surface area contributed by atoms with Crippen LogP contribution in [-0.2, 0) is 14.3 Å². The number of aliphatic carboxylic acids is 1. The maximum absolute atomic E-state index is 12.0. The average Bonchev–Trinajstić information content (AvgIpc) is 2.77. The molecule has 0 spiro atoms. The third kappa shape index (κ3) is 3.22. The van der Waals surface area contributed by atoms with E-state index < -0.39 is 11.9 Å². The van der Waals surface area contributed by atoms with Gasteiger partial charge >= 0.3 is 5.97 Å². The molecular formula is C13H21NO4. The molecule has 1 amide bonds. The molecule has 1 saturated heterocycles. The van der Waals surface area contributed by atoms with Gasteiger partial charge in [-0.1, -0.05) is 19.3 Å². The molecule has 5 heteroatoms. The molecule has 1 heterocycles. The van der Waals surface area contributed by atoms with Gasteiger partial charge in [0.1, 0.15) is 6.10 Å². The van der Waals surface area contributed by atoms with Gasteiger partial charge in [-0.2, -0.15) is 0 Å². The van der Waals surface area contributed by atoms with E-state index in [1.807, 2.05) is 0 Å². The molecule has 1 aliphatic heterocycles. The Morgan fingerprint density at radius 1 is 1.06 bits per heavy atom. The van der Waals surface area contributed by atoms with Gasteiger partial charge in [0.15, 0.2) is 0 Å². The molecule has 2 N–H and O–H groups in total. The van der Waals surface area contributed by atoms with Crippen LogP contribution >= 0.6 is 0 Å². The van der Waals surface area contributed by atoms with Crippen molar-refractivity contribution >= 4 is 11.9 Å². The Hall–Kier alpha value is -1.10. The molecule has 102 valence electrons. The van der Waals surface area contributed by atoms with Crippen molar-refractivity contribution < 1.29 is 19.4 Å². The first-order chi connectivity index (χ1) is 8.68. The molecule has 0 bridgehead atoms. The second-order valence-corrected chi connectivity index (χ2v) is 5.20. The Morgan fingerprint density at radius 2 is 1.83 bits per heavy atom. The van der Waals surface area contributed by atoms with Crippen LogP contribution < -0.4 is 5.32 Å². The SMILES string of the molecule is O=C(N[C@@H]1CCCCC[C@H]1C(=O)O)[C@H]1CCCO1. The number of hydrogen-bond acceptors (Lipinski definition) is 3. The quantitative estimate of drug-likeness (QED) is 0.746. The lowest BCUT2D eigenvalue weighted by Crippen LogP contribution is -2.46. The molecule has 1 aliphatic carbocycles. The van der Waals surface area contributed by atoms with E-state index in [0.717, 1.165) is 38.5 Å². The molecule has 2 fully saturated rings. The molecule has 18 heavy (non-hydrogen) atoms. The molecule has 2 rings (SSSR count). The number of rotatable bonds is 3. The van der Waals surface area contributed by atoms with E-state index in [4.69, 9.17) is 4.74 Å². The van der Waals surface area contributed by atoms with E-state index in [-0.39, 0.29) is 18.1 Å². The lowest BCUT2D eigenvalue weighted by atomic mass is 9.94. The maximum Gasteiger partial charge on any atom is 0.308 e. The summed E-state index contributed by atoms with van der Waals surface area (Å²) in [7, 11) is 0.